The van der Waals surface area contributed by atoms with Gasteiger partial charge < -0.3 is 14.6 Å². The zero-order valence-corrected chi connectivity index (χ0v) is 15.5. The molecule has 0 aliphatic carbocycles. The topological polar surface area (TPSA) is 62.6 Å². The SMILES string of the molecule is Cc1ccc(CN(C)C(=O)[C@@H]2CS[C@@H](Cc3ccccc3F)C(=O)N2)o1. The Hall–Kier alpha value is -2.28. The van der Waals surface area contributed by atoms with E-state index in [-0.39, 0.29) is 17.6 Å². The van der Waals surface area contributed by atoms with Gasteiger partial charge in [-0.25, -0.2) is 4.39 Å². The predicted molar refractivity (Wildman–Crippen MR) is 98.2 cm³/mol. The predicted octanol–water partition coefficient (Wildman–Crippen LogP) is 2.53. The van der Waals surface area contributed by atoms with Crippen LogP contribution < -0.4 is 5.32 Å². The second kappa shape index (κ2) is 7.95. The lowest BCUT2D eigenvalue weighted by atomic mass is 10.1. The molecule has 1 aliphatic rings. The number of benzene rings is 1. The highest BCUT2D eigenvalue weighted by molar-refractivity contribution is 8.00. The summed E-state index contributed by atoms with van der Waals surface area (Å²) < 4.78 is 19.3. The average molecular weight is 376 g/mol. The van der Waals surface area contributed by atoms with Crippen LogP contribution in [0.4, 0.5) is 4.39 Å². The van der Waals surface area contributed by atoms with Gasteiger partial charge in [0.25, 0.3) is 0 Å². The first-order chi connectivity index (χ1) is 12.4. The number of rotatable bonds is 5. The van der Waals surface area contributed by atoms with E-state index in [9.17, 15) is 14.0 Å². The van der Waals surface area contributed by atoms with Crippen molar-refractivity contribution in [1.82, 2.24) is 10.2 Å². The van der Waals surface area contributed by atoms with Gasteiger partial charge in [0.15, 0.2) is 0 Å². The normalized spacial score (nSPS) is 19.9. The molecule has 1 aromatic carbocycles. The summed E-state index contributed by atoms with van der Waals surface area (Å²) >= 11 is 1.39. The lowest BCUT2D eigenvalue weighted by Gasteiger charge is -2.30. The average Bonchev–Trinajstić information content (AvgIpc) is 3.02. The first kappa shape index (κ1) is 18.5. The molecule has 0 saturated carbocycles. The van der Waals surface area contributed by atoms with Crippen LogP contribution in [-0.2, 0) is 22.6 Å². The standard InChI is InChI=1S/C19H21FN2O3S/c1-12-7-8-14(25-12)10-22(2)19(24)16-11-26-17(18(23)21-16)9-13-5-3-4-6-15(13)20/h3-8,16-17H,9-11H2,1-2H3,(H,21,23)/t16-,17-/m0/s1. The van der Waals surface area contributed by atoms with Gasteiger partial charge in [-0.15, -0.1) is 11.8 Å². The number of halogens is 1. The van der Waals surface area contributed by atoms with Crippen molar-refractivity contribution in [3.8, 4) is 0 Å². The highest BCUT2D eigenvalue weighted by atomic mass is 32.2. The second-order valence-corrected chi connectivity index (χ2v) is 7.62. The molecule has 3 rings (SSSR count). The van der Waals surface area contributed by atoms with Gasteiger partial charge in [-0.05, 0) is 37.1 Å². The Bertz CT molecular complexity index is 808. The molecule has 7 heteroatoms. The Balaban J connectivity index is 1.56. The molecular formula is C19H21FN2O3S. The Labute approximate surface area is 155 Å². The van der Waals surface area contributed by atoms with Gasteiger partial charge in [0.05, 0.1) is 11.8 Å². The van der Waals surface area contributed by atoms with Crippen LogP contribution in [-0.4, -0.2) is 40.8 Å². The molecule has 0 spiro atoms. The first-order valence-electron chi connectivity index (χ1n) is 8.39. The maximum absolute atomic E-state index is 13.8. The molecule has 5 nitrogen and oxygen atoms in total. The number of carbonyl (C=O) groups is 2. The van der Waals surface area contributed by atoms with Crippen molar-refractivity contribution in [2.45, 2.75) is 31.2 Å². The number of carbonyl (C=O) groups excluding carboxylic acids is 2. The number of nitrogens with zero attached hydrogens (tertiary/aromatic N) is 1. The smallest absolute Gasteiger partial charge is 0.246 e. The summed E-state index contributed by atoms with van der Waals surface area (Å²) in [7, 11) is 1.68. The van der Waals surface area contributed by atoms with Crippen molar-refractivity contribution in [2.24, 2.45) is 0 Å². The number of nitrogens with one attached hydrogen (secondary N) is 1. The number of thioether (sulfide) groups is 1. The molecule has 0 unspecified atom stereocenters. The fourth-order valence-corrected chi connectivity index (χ4v) is 4.06. The molecule has 1 fully saturated rings. The third kappa shape index (κ3) is 4.27. The van der Waals surface area contributed by atoms with Crippen LogP contribution in [0.1, 0.15) is 17.1 Å². The molecule has 2 atom stereocenters. The number of furan rings is 1. The van der Waals surface area contributed by atoms with Crippen molar-refractivity contribution in [3.63, 3.8) is 0 Å². The second-order valence-electron chi connectivity index (χ2n) is 6.39. The molecular weight excluding hydrogens is 355 g/mol. The van der Waals surface area contributed by atoms with Gasteiger partial charge in [0, 0.05) is 12.8 Å². The molecule has 1 saturated heterocycles. The largest absolute Gasteiger partial charge is 0.464 e. The van der Waals surface area contributed by atoms with E-state index < -0.39 is 11.3 Å². The van der Waals surface area contributed by atoms with Gasteiger partial charge >= 0.3 is 0 Å². The molecule has 2 aromatic rings. The van der Waals surface area contributed by atoms with Gasteiger partial charge in [-0.1, -0.05) is 18.2 Å². The molecule has 1 aliphatic heterocycles. The van der Waals surface area contributed by atoms with Crippen molar-refractivity contribution in [3.05, 3.63) is 59.3 Å². The van der Waals surface area contributed by atoms with E-state index in [0.717, 1.165) is 5.76 Å². The van der Waals surface area contributed by atoms with Gasteiger partial charge in [-0.2, -0.15) is 0 Å². The molecule has 0 radical (unpaired) electrons. The molecule has 2 amide bonds. The molecule has 1 N–H and O–H groups in total. The lowest BCUT2D eigenvalue weighted by molar-refractivity contribution is -0.135. The number of likely N-dealkylation sites (N-methyl/N-ethyl adjacent to an activating group) is 1. The third-order valence-corrected chi connectivity index (χ3v) is 5.61. The zero-order chi connectivity index (χ0) is 18.7. The van der Waals surface area contributed by atoms with E-state index in [1.165, 1.54) is 17.8 Å². The lowest BCUT2D eigenvalue weighted by Crippen LogP contribution is -2.54. The summed E-state index contributed by atoms with van der Waals surface area (Å²) in [6.07, 6.45) is 0.311. The first-order valence-corrected chi connectivity index (χ1v) is 9.44. The van der Waals surface area contributed by atoms with Crippen LogP contribution in [0, 0.1) is 12.7 Å². The minimum Gasteiger partial charge on any atom is -0.464 e. The highest BCUT2D eigenvalue weighted by Crippen LogP contribution is 2.24. The molecule has 26 heavy (non-hydrogen) atoms. The zero-order valence-electron chi connectivity index (χ0n) is 14.7. The summed E-state index contributed by atoms with van der Waals surface area (Å²) in [5, 5.41) is 2.38. The number of amides is 2. The van der Waals surface area contributed by atoms with Crippen molar-refractivity contribution in [1.29, 1.82) is 0 Å². The Kier molecular flexibility index (Phi) is 5.66. The Morgan fingerprint density at radius 2 is 2.12 bits per heavy atom. The van der Waals surface area contributed by atoms with E-state index in [4.69, 9.17) is 4.42 Å². The molecule has 2 heterocycles. The minimum atomic E-state index is -0.578. The van der Waals surface area contributed by atoms with Gasteiger partial charge in [0.2, 0.25) is 11.8 Å². The van der Waals surface area contributed by atoms with Crippen LogP contribution in [0.5, 0.6) is 0 Å². The summed E-state index contributed by atoms with van der Waals surface area (Å²) in [6, 6.07) is 9.54. The van der Waals surface area contributed by atoms with E-state index in [0.29, 0.717) is 30.0 Å². The van der Waals surface area contributed by atoms with E-state index in [1.54, 1.807) is 30.1 Å². The molecule has 0 bridgehead atoms. The summed E-state index contributed by atoms with van der Waals surface area (Å²) in [6.45, 7) is 2.20. The Morgan fingerprint density at radius 1 is 1.35 bits per heavy atom. The van der Waals surface area contributed by atoms with E-state index in [2.05, 4.69) is 5.32 Å². The summed E-state index contributed by atoms with van der Waals surface area (Å²) in [5.41, 5.74) is 0.509. The monoisotopic (exact) mass is 376 g/mol. The van der Waals surface area contributed by atoms with Crippen molar-refractivity contribution < 1.29 is 18.4 Å². The van der Waals surface area contributed by atoms with Crippen LogP contribution in [0.2, 0.25) is 0 Å². The van der Waals surface area contributed by atoms with Crippen LogP contribution in [0.3, 0.4) is 0 Å². The molecule has 1 aromatic heterocycles. The third-order valence-electron chi connectivity index (χ3n) is 4.30. The van der Waals surface area contributed by atoms with Crippen LogP contribution in [0.15, 0.2) is 40.8 Å². The Morgan fingerprint density at radius 3 is 2.77 bits per heavy atom. The fourth-order valence-electron chi connectivity index (χ4n) is 2.89. The molecule has 138 valence electrons. The van der Waals surface area contributed by atoms with Gasteiger partial charge in [-0.3, -0.25) is 9.59 Å². The fraction of sp³-hybridized carbons (Fsp3) is 0.368. The summed E-state index contributed by atoms with van der Waals surface area (Å²) in [5.74, 6) is 1.25. The minimum absolute atomic E-state index is 0.163. The number of aryl methyl sites for hydroxylation is 1. The van der Waals surface area contributed by atoms with Crippen LogP contribution in [0.25, 0.3) is 0 Å². The number of hydrogen-bond donors (Lipinski definition) is 1. The van der Waals surface area contributed by atoms with Gasteiger partial charge in [0.1, 0.15) is 23.4 Å². The van der Waals surface area contributed by atoms with E-state index >= 15 is 0 Å². The quantitative estimate of drug-likeness (QED) is 0.871. The van der Waals surface area contributed by atoms with Crippen LogP contribution >= 0.6 is 11.8 Å². The summed E-state index contributed by atoms with van der Waals surface area (Å²) in [4.78, 5) is 26.5. The maximum Gasteiger partial charge on any atom is 0.246 e. The number of hydrogen-bond acceptors (Lipinski definition) is 4. The van der Waals surface area contributed by atoms with E-state index in [1.807, 2.05) is 19.1 Å². The highest BCUT2D eigenvalue weighted by Gasteiger charge is 2.34. The maximum atomic E-state index is 13.8. The van der Waals surface area contributed by atoms with Crippen molar-refractivity contribution >= 4 is 23.6 Å². The van der Waals surface area contributed by atoms with Crippen molar-refractivity contribution in [2.75, 3.05) is 12.8 Å².